The monoisotopic (exact) mass is 524 g/mol. The number of methoxy groups -OCH3 is 1. The van der Waals surface area contributed by atoms with Crippen molar-refractivity contribution in [2.45, 2.75) is 39.2 Å². The summed E-state index contributed by atoms with van der Waals surface area (Å²) in [5.74, 6) is 1.17. The van der Waals surface area contributed by atoms with Crippen LogP contribution in [0, 0.1) is 12.8 Å². The van der Waals surface area contributed by atoms with Gasteiger partial charge in [-0.25, -0.2) is 9.78 Å². The molecule has 7 nitrogen and oxygen atoms in total. The third-order valence-corrected chi connectivity index (χ3v) is 7.18. The molecule has 1 aliphatic rings. The van der Waals surface area contributed by atoms with Gasteiger partial charge >= 0.3 is 5.97 Å². The molecule has 0 saturated carbocycles. The molecule has 2 heterocycles. The molecule has 39 heavy (non-hydrogen) atoms. The van der Waals surface area contributed by atoms with E-state index in [2.05, 4.69) is 11.9 Å². The Morgan fingerprint density at radius 2 is 1.67 bits per heavy atom. The first-order valence-electron chi connectivity index (χ1n) is 13.2. The molecule has 5 rings (SSSR count). The Morgan fingerprint density at radius 3 is 2.33 bits per heavy atom. The van der Waals surface area contributed by atoms with Crippen LogP contribution in [0.3, 0.4) is 0 Å². The van der Waals surface area contributed by atoms with Gasteiger partial charge in [0.1, 0.15) is 17.6 Å². The van der Waals surface area contributed by atoms with Crippen molar-refractivity contribution in [3.05, 3.63) is 101 Å². The number of carbonyl (C=O) groups excluding carboxylic acids is 2. The Bertz CT molecular complexity index is 1430. The number of rotatable bonds is 10. The number of anilines is 1. The van der Waals surface area contributed by atoms with E-state index in [-0.39, 0.29) is 5.91 Å². The largest absolute Gasteiger partial charge is 0.493 e. The number of β-lactam (4-membered cyclic amide) rings is 1. The lowest BCUT2D eigenvalue weighted by molar-refractivity contribution is -0.152. The smallest absolute Gasteiger partial charge is 0.329 e. The third-order valence-electron chi connectivity index (χ3n) is 7.18. The van der Waals surface area contributed by atoms with Crippen LogP contribution < -0.4 is 9.64 Å². The number of benzene rings is 3. The minimum atomic E-state index is -0.641. The fraction of sp³-hybridized carbons (Fsp3) is 0.281. The molecule has 1 aliphatic heterocycles. The third kappa shape index (κ3) is 5.58. The predicted octanol–water partition coefficient (Wildman–Crippen LogP) is 5.58. The molecule has 1 amide bonds. The van der Waals surface area contributed by atoms with Crippen LogP contribution >= 0.6 is 0 Å². The first-order valence-corrected chi connectivity index (χ1v) is 13.2. The highest BCUT2D eigenvalue weighted by Crippen LogP contribution is 2.36. The standard InChI is InChI=1S/C32H32N2O5/c1-4-22-10-14-25(15-11-22)34-29(32(36)37-3)27(31(34)35)20-23-12-16-26(17-13-23)38-19-18-28-21(2)39-30(33-28)24-8-6-5-7-9-24/h5-17,27,29H,4,18-20H2,1-3H3/t27-,29-/m0/s1. The van der Waals surface area contributed by atoms with Crippen LogP contribution in [0.5, 0.6) is 5.75 Å². The van der Waals surface area contributed by atoms with Gasteiger partial charge in [-0.15, -0.1) is 0 Å². The Labute approximate surface area is 228 Å². The fourth-order valence-electron chi connectivity index (χ4n) is 4.92. The lowest BCUT2D eigenvalue weighted by Gasteiger charge is -2.45. The van der Waals surface area contributed by atoms with Gasteiger partial charge in [0, 0.05) is 17.7 Å². The van der Waals surface area contributed by atoms with Gasteiger partial charge in [0.05, 0.1) is 25.3 Å². The molecule has 4 aromatic rings. The second-order valence-electron chi connectivity index (χ2n) is 9.64. The summed E-state index contributed by atoms with van der Waals surface area (Å²) in [7, 11) is 1.36. The van der Waals surface area contributed by atoms with Gasteiger partial charge < -0.3 is 13.9 Å². The van der Waals surface area contributed by atoms with E-state index in [1.165, 1.54) is 12.7 Å². The molecule has 0 spiro atoms. The first kappa shape index (κ1) is 26.2. The van der Waals surface area contributed by atoms with E-state index in [1.807, 2.05) is 85.8 Å². The molecule has 200 valence electrons. The number of carbonyl (C=O) groups is 2. The summed E-state index contributed by atoms with van der Waals surface area (Å²) in [4.78, 5) is 31.9. The lowest BCUT2D eigenvalue weighted by atomic mass is 9.81. The van der Waals surface area contributed by atoms with Crippen molar-refractivity contribution >= 4 is 17.6 Å². The Balaban J connectivity index is 1.18. The molecule has 0 radical (unpaired) electrons. The van der Waals surface area contributed by atoms with Gasteiger partial charge in [-0.3, -0.25) is 9.69 Å². The zero-order valence-corrected chi connectivity index (χ0v) is 22.4. The number of ether oxygens (including phenoxy) is 2. The topological polar surface area (TPSA) is 81.9 Å². The maximum Gasteiger partial charge on any atom is 0.329 e. The summed E-state index contributed by atoms with van der Waals surface area (Å²) in [6, 6.07) is 24.6. The van der Waals surface area contributed by atoms with Gasteiger partial charge in [-0.1, -0.05) is 49.4 Å². The van der Waals surface area contributed by atoms with Crippen molar-refractivity contribution in [3.63, 3.8) is 0 Å². The van der Waals surface area contributed by atoms with E-state index in [0.717, 1.165) is 34.8 Å². The highest BCUT2D eigenvalue weighted by Gasteiger charge is 2.52. The van der Waals surface area contributed by atoms with Gasteiger partial charge in [0.25, 0.3) is 0 Å². The van der Waals surface area contributed by atoms with E-state index in [0.29, 0.717) is 31.0 Å². The number of amides is 1. The van der Waals surface area contributed by atoms with E-state index in [4.69, 9.17) is 13.9 Å². The number of aromatic nitrogens is 1. The minimum Gasteiger partial charge on any atom is -0.493 e. The normalized spacial score (nSPS) is 16.6. The SMILES string of the molecule is CCc1ccc(N2C(=O)[C@@H](Cc3ccc(OCCc4nc(-c5ccccc5)oc4C)cc3)[C@H]2C(=O)OC)cc1. The minimum absolute atomic E-state index is 0.0761. The summed E-state index contributed by atoms with van der Waals surface area (Å²) in [5, 5.41) is 0. The van der Waals surface area contributed by atoms with Crippen molar-refractivity contribution in [1.82, 2.24) is 4.98 Å². The highest BCUT2D eigenvalue weighted by atomic mass is 16.5. The Morgan fingerprint density at radius 1 is 0.974 bits per heavy atom. The number of nitrogens with zero attached hydrogens (tertiary/aromatic N) is 2. The number of esters is 1. The molecule has 0 N–H and O–H groups in total. The van der Waals surface area contributed by atoms with E-state index >= 15 is 0 Å². The van der Waals surface area contributed by atoms with Crippen LogP contribution in [0.4, 0.5) is 5.69 Å². The lowest BCUT2D eigenvalue weighted by Crippen LogP contribution is -2.65. The van der Waals surface area contributed by atoms with Crippen molar-refractivity contribution in [1.29, 1.82) is 0 Å². The average molecular weight is 525 g/mol. The van der Waals surface area contributed by atoms with Crippen molar-refractivity contribution in [3.8, 4) is 17.2 Å². The zero-order valence-electron chi connectivity index (χ0n) is 22.4. The summed E-state index contributed by atoms with van der Waals surface area (Å²) >= 11 is 0. The molecular weight excluding hydrogens is 492 g/mol. The molecule has 1 saturated heterocycles. The fourth-order valence-corrected chi connectivity index (χ4v) is 4.92. The second-order valence-corrected chi connectivity index (χ2v) is 9.64. The zero-order chi connectivity index (χ0) is 27.4. The van der Waals surface area contributed by atoms with Gasteiger partial charge in [0.15, 0.2) is 0 Å². The maximum atomic E-state index is 13.1. The molecule has 1 aromatic heterocycles. The molecule has 7 heteroatoms. The van der Waals surface area contributed by atoms with Crippen LogP contribution in [0.1, 0.15) is 29.5 Å². The number of aryl methyl sites for hydroxylation is 2. The maximum absolute atomic E-state index is 13.1. The summed E-state index contributed by atoms with van der Waals surface area (Å²) in [6.45, 7) is 4.44. The summed E-state index contributed by atoms with van der Waals surface area (Å²) in [6.07, 6.45) is 1.98. The molecule has 2 atom stereocenters. The molecule has 3 aromatic carbocycles. The van der Waals surface area contributed by atoms with Crippen LogP contribution in [0.15, 0.2) is 83.3 Å². The van der Waals surface area contributed by atoms with Gasteiger partial charge in [0.2, 0.25) is 11.8 Å². The molecule has 0 aliphatic carbocycles. The Kier molecular flexibility index (Phi) is 7.77. The average Bonchev–Trinajstić information content (AvgIpc) is 3.35. The van der Waals surface area contributed by atoms with E-state index in [9.17, 15) is 9.59 Å². The van der Waals surface area contributed by atoms with E-state index in [1.54, 1.807) is 4.90 Å². The first-order chi connectivity index (χ1) is 19.0. The predicted molar refractivity (Wildman–Crippen MR) is 149 cm³/mol. The number of oxazole rings is 1. The Hall–Kier alpha value is -4.39. The van der Waals surface area contributed by atoms with Crippen LogP contribution in [-0.4, -0.2) is 36.6 Å². The summed E-state index contributed by atoms with van der Waals surface area (Å²) < 4.78 is 16.8. The highest BCUT2D eigenvalue weighted by molar-refractivity contribution is 6.10. The van der Waals surface area contributed by atoms with Crippen LogP contribution in [-0.2, 0) is 33.6 Å². The van der Waals surface area contributed by atoms with Crippen LogP contribution in [0.25, 0.3) is 11.5 Å². The van der Waals surface area contributed by atoms with Gasteiger partial charge in [-0.2, -0.15) is 0 Å². The van der Waals surface area contributed by atoms with Crippen molar-refractivity contribution in [2.75, 3.05) is 18.6 Å². The van der Waals surface area contributed by atoms with Crippen LogP contribution in [0.2, 0.25) is 0 Å². The van der Waals surface area contributed by atoms with Gasteiger partial charge in [-0.05, 0) is 67.3 Å². The molecular formula is C32H32N2O5. The summed E-state index contributed by atoms with van der Waals surface area (Å²) in [5.41, 5.74) is 4.66. The number of hydrogen-bond donors (Lipinski definition) is 0. The van der Waals surface area contributed by atoms with E-state index < -0.39 is 17.9 Å². The molecule has 1 fully saturated rings. The number of hydrogen-bond acceptors (Lipinski definition) is 6. The molecule has 0 unspecified atom stereocenters. The van der Waals surface area contributed by atoms with Crippen molar-refractivity contribution < 1.29 is 23.5 Å². The second kappa shape index (κ2) is 11.6. The molecule has 0 bridgehead atoms. The quantitative estimate of drug-likeness (QED) is 0.199. The van der Waals surface area contributed by atoms with Crippen molar-refractivity contribution in [2.24, 2.45) is 5.92 Å².